The van der Waals surface area contributed by atoms with Crippen molar-refractivity contribution in [2.24, 2.45) is 0 Å². The summed E-state index contributed by atoms with van der Waals surface area (Å²) in [6, 6.07) is 0. The van der Waals surface area contributed by atoms with Crippen LogP contribution in [0.15, 0.2) is 18.6 Å². The molecule has 1 aromatic heterocycles. The number of carbonyl (C=O) groups excluding carboxylic acids is 2. The van der Waals surface area contributed by atoms with Crippen molar-refractivity contribution in [1.82, 2.24) is 20.2 Å². The van der Waals surface area contributed by atoms with Crippen LogP contribution in [0.2, 0.25) is 0 Å². The molecule has 1 N–H and O–H groups in total. The van der Waals surface area contributed by atoms with Crippen molar-refractivity contribution in [3.8, 4) is 0 Å². The van der Waals surface area contributed by atoms with Gasteiger partial charge in [-0.3, -0.25) is 14.6 Å². The average Bonchev–Trinajstić information content (AvgIpc) is 2.34. The molecule has 0 atom stereocenters. The highest BCUT2D eigenvalue weighted by atomic mass is 16.2. The van der Waals surface area contributed by atoms with Crippen LogP contribution in [0, 0.1) is 0 Å². The lowest BCUT2D eigenvalue weighted by molar-refractivity contribution is -0.123. The van der Waals surface area contributed by atoms with Crippen molar-refractivity contribution >= 4 is 11.8 Å². The van der Waals surface area contributed by atoms with E-state index in [1.165, 1.54) is 23.5 Å². The Bertz CT molecular complexity index is 440. The van der Waals surface area contributed by atoms with E-state index in [2.05, 4.69) is 15.3 Å². The van der Waals surface area contributed by atoms with Crippen molar-refractivity contribution < 1.29 is 9.59 Å². The van der Waals surface area contributed by atoms with Gasteiger partial charge in [0, 0.05) is 24.5 Å². The number of nitrogens with zero attached hydrogens (tertiary/aromatic N) is 3. The van der Waals surface area contributed by atoms with Gasteiger partial charge in [0.2, 0.25) is 5.91 Å². The Kier molecular flexibility index (Phi) is 4.97. The highest BCUT2D eigenvalue weighted by Gasteiger charge is 2.21. The fourth-order valence-electron chi connectivity index (χ4n) is 1.53. The lowest BCUT2D eigenvalue weighted by Gasteiger charge is -2.24. The highest BCUT2D eigenvalue weighted by Crippen LogP contribution is 2.02. The van der Waals surface area contributed by atoms with E-state index in [1.54, 1.807) is 0 Å². The van der Waals surface area contributed by atoms with Gasteiger partial charge in [-0.2, -0.15) is 0 Å². The summed E-state index contributed by atoms with van der Waals surface area (Å²) < 4.78 is 0. The Morgan fingerprint density at radius 3 is 2.47 bits per heavy atom. The summed E-state index contributed by atoms with van der Waals surface area (Å²) in [5.74, 6) is -0.480. The maximum atomic E-state index is 12.1. The molecule has 0 bridgehead atoms. The van der Waals surface area contributed by atoms with E-state index in [0.29, 0.717) is 6.54 Å². The van der Waals surface area contributed by atoms with Crippen LogP contribution < -0.4 is 5.32 Å². The maximum absolute atomic E-state index is 12.1. The monoisotopic (exact) mass is 264 g/mol. The first-order valence-electron chi connectivity index (χ1n) is 6.20. The second kappa shape index (κ2) is 6.26. The molecule has 0 aromatic carbocycles. The predicted molar refractivity (Wildman–Crippen MR) is 71.5 cm³/mol. The van der Waals surface area contributed by atoms with Gasteiger partial charge in [0.25, 0.3) is 5.91 Å². The van der Waals surface area contributed by atoms with Gasteiger partial charge in [0.15, 0.2) is 0 Å². The molecule has 1 rings (SSSR count). The molecule has 2 amide bonds. The first-order valence-corrected chi connectivity index (χ1v) is 6.20. The number of nitrogens with one attached hydrogen (secondary N) is 1. The summed E-state index contributed by atoms with van der Waals surface area (Å²) in [7, 11) is 0. The fourth-order valence-corrected chi connectivity index (χ4v) is 1.53. The fraction of sp³-hybridized carbons (Fsp3) is 0.538. The molecule has 0 aliphatic carbocycles. The van der Waals surface area contributed by atoms with Crippen LogP contribution in [0.3, 0.4) is 0 Å². The molecule has 0 saturated carbocycles. The third-order valence-corrected chi connectivity index (χ3v) is 2.30. The smallest absolute Gasteiger partial charge is 0.274 e. The molecule has 1 heterocycles. The van der Waals surface area contributed by atoms with Gasteiger partial charge in [0.1, 0.15) is 5.69 Å². The second-order valence-electron chi connectivity index (χ2n) is 5.21. The lowest BCUT2D eigenvalue weighted by atomic mass is 10.1. The molecule has 0 spiro atoms. The molecular weight excluding hydrogens is 244 g/mol. The van der Waals surface area contributed by atoms with Gasteiger partial charge >= 0.3 is 0 Å². The number of hydrogen-bond donors (Lipinski definition) is 1. The number of amides is 2. The minimum atomic E-state index is -0.313. The SMILES string of the molecule is CCN(CC(=O)NC(C)(C)C)C(=O)c1cnccn1. The Morgan fingerprint density at radius 2 is 2.00 bits per heavy atom. The van der Waals surface area contributed by atoms with Crippen LogP contribution in [0.4, 0.5) is 0 Å². The van der Waals surface area contributed by atoms with E-state index in [9.17, 15) is 9.59 Å². The second-order valence-corrected chi connectivity index (χ2v) is 5.21. The lowest BCUT2D eigenvalue weighted by Crippen LogP contribution is -2.47. The molecule has 0 fully saturated rings. The summed E-state index contributed by atoms with van der Waals surface area (Å²) in [6.07, 6.45) is 4.35. The minimum Gasteiger partial charge on any atom is -0.350 e. The van der Waals surface area contributed by atoms with Crippen molar-refractivity contribution in [3.63, 3.8) is 0 Å². The molecular formula is C13H20N4O2. The largest absolute Gasteiger partial charge is 0.350 e. The summed E-state index contributed by atoms with van der Waals surface area (Å²) in [5, 5.41) is 2.82. The van der Waals surface area contributed by atoms with E-state index in [4.69, 9.17) is 0 Å². The maximum Gasteiger partial charge on any atom is 0.274 e. The highest BCUT2D eigenvalue weighted by molar-refractivity contribution is 5.94. The van der Waals surface area contributed by atoms with Crippen LogP contribution in [0.1, 0.15) is 38.2 Å². The molecule has 104 valence electrons. The Balaban J connectivity index is 2.69. The zero-order valence-electron chi connectivity index (χ0n) is 11.8. The van der Waals surface area contributed by atoms with E-state index in [-0.39, 0.29) is 29.6 Å². The van der Waals surface area contributed by atoms with Crippen molar-refractivity contribution in [3.05, 3.63) is 24.3 Å². The third kappa shape index (κ3) is 5.03. The average molecular weight is 264 g/mol. The van der Waals surface area contributed by atoms with Gasteiger partial charge in [-0.15, -0.1) is 0 Å². The van der Waals surface area contributed by atoms with Crippen LogP contribution in [0.5, 0.6) is 0 Å². The summed E-state index contributed by atoms with van der Waals surface area (Å²) in [6.45, 7) is 7.96. The van der Waals surface area contributed by atoms with Crippen molar-refractivity contribution in [2.75, 3.05) is 13.1 Å². The normalized spacial score (nSPS) is 10.9. The van der Waals surface area contributed by atoms with Crippen LogP contribution in [-0.2, 0) is 4.79 Å². The van der Waals surface area contributed by atoms with E-state index >= 15 is 0 Å². The van der Waals surface area contributed by atoms with Gasteiger partial charge in [0.05, 0.1) is 12.7 Å². The first-order chi connectivity index (χ1) is 8.83. The van der Waals surface area contributed by atoms with Crippen LogP contribution in [0.25, 0.3) is 0 Å². The molecule has 1 aromatic rings. The molecule has 0 saturated heterocycles. The first kappa shape index (κ1) is 15.1. The Labute approximate surface area is 113 Å². The minimum absolute atomic E-state index is 0.0170. The van der Waals surface area contributed by atoms with Crippen LogP contribution >= 0.6 is 0 Å². The van der Waals surface area contributed by atoms with Gasteiger partial charge in [-0.05, 0) is 27.7 Å². The number of likely N-dealkylation sites (N-methyl/N-ethyl adjacent to an activating group) is 1. The summed E-state index contributed by atoms with van der Waals surface area (Å²) in [4.78, 5) is 33.2. The molecule has 0 radical (unpaired) electrons. The zero-order chi connectivity index (χ0) is 14.5. The summed E-state index contributed by atoms with van der Waals surface area (Å²) >= 11 is 0. The molecule has 0 aliphatic rings. The quantitative estimate of drug-likeness (QED) is 0.875. The van der Waals surface area contributed by atoms with E-state index < -0.39 is 0 Å². The van der Waals surface area contributed by atoms with Crippen molar-refractivity contribution in [1.29, 1.82) is 0 Å². The standard InChI is InChI=1S/C13H20N4O2/c1-5-17(9-11(18)16-13(2,3)4)12(19)10-8-14-6-7-15-10/h6-8H,5,9H2,1-4H3,(H,16,18). The summed E-state index contributed by atoms with van der Waals surface area (Å²) in [5.41, 5.74) is -0.0700. The molecule has 6 heteroatoms. The third-order valence-electron chi connectivity index (χ3n) is 2.30. The Hall–Kier alpha value is -1.98. The van der Waals surface area contributed by atoms with Crippen LogP contribution in [-0.4, -0.2) is 45.3 Å². The van der Waals surface area contributed by atoms with E-state index in [1.807, 2.05) is 27.7 Å². The zero-order valence-corrected chi connectivity index (χ0v) is 11.8. The predicted octanol–water partition coefficient (Wildman–Crippen LogP) is 0.853. The van der Waals surface area contributed by atoms with Crippen molar-refractivity contribution in [2.45, 2.75) is 33.2 Å². The Morgan fingerprint density at radius 1 is 1.32 bits per heavy atom. The number of hydrogen-bond acceptors (Lipinski definition) is 4. The number of carbonyl (C=O) groups is 2. The van der Waals surface area contributed by atoms with E-state index in [0.717, 1.165) is 0 Å². The molecule has 0 unspecified atom stereocenters. The number of aromatic nitrogens is 2. The van der Waals surface area contributed by atoms with Gasteiger partial charge in [-0.1, -0.05) is 0 Å². The molecule has 19 heavy (non-hydrogen) atoms. The van der Waals surface area contributed by atoms with Gasteiger partial charge in [-0.25, -0.2) is 4.98 Å². The molecule has 6 nitrogen and oxygen atoms in total. The topological polar surface area (TPSA) is 75.2 Å². The number of rotatable bonds is 4. The molecule has 0 aliphatic heterocycles. The van der Waals surface area contributed by atoms with Gasteiger partial charge < -0.3 is 10.2 Å².